The van der Waals surface area contributed by atoms with E-state index in [1.807, 2.05) is 49.6 Å². The van der Waals surface area contributed by atoms with Crippen LogP contribution in [0.4, 0.5) is 5.69 Å². The van der Waals surface area contributed by atoms with E-state index < -0.39 is 0 Å². The van der Waals surface area contributed by atoms with Gasteiger partial charge in [-0.05, 0) is 43.6 Å². The summed E-state index contributed by atoms with van der Waals surface area (Å²) in [6, 6.07) is 12.1. The predicted octanol–water partition coefficient (Wildman–Crippen LogP) is 5.14. The Bertz CT molecular complexity index is 769. The Morgan fingerprint density at radius 3 is 2.59 bits per heavy atom. The first-order valence-corrected chi connectivity index (χ1v) is 10.5. The fraction of sp³-hybridized carbons (Fsp3) is 0.409. The highest BCUT2D eigenvalue weighted by molar-refractivity contribution is 7.11. The maximum atomic E-state index is 9.40. The summed E-state index contributed by atoms with van der Waals surface area (Å²) < 4.78 is 0. The number of nitrogens with two attached hydrogens (primary N) is 1. The second kappa shape index (κ2) is 10.8. The Labute approximate surface area is 167 Å². The molecule has 0 saturated carbocycles. The van der Waals surface area contributed by atoms with Crippen molar-refractivity contribution in [3.8, 4) is 6.07 Å². The topological polar surface area (TPSA) is 56.3 Å². The van der Waals surface area contributed by atoms with E-state index in [1.54, 1.807) is 11.3 Å². The molecule has 2 N–H and O–H groups in total. The van der Waals surface area contributed by atoms with Crippen LogP contribution in [0.5, 0.6) is 0 Å². The predicted molar refractivity (Wildman–Crippen MR) is 116 cm³/mol. The van der Waals surface area contributed by atoms with Crippen molar-refractivity contribution in [1.29, 1.82) is 5.26 Å². The number of hydrogen-bond donors (Lipinski definition) is 1. The molecule has 1 aromatic carbocycles. The second-order valence-electron chi connectivity index (χ2n) is 6.48. The van der Waals surface area contributed by atoms with Crippen LogP contribution in [0.15, 0.2) is 42.3 Å². The minimum absolute atomic E-state index is 0.677. The maximum Gasteiger partial charge on any atom is 0.0995 e. The molecule has 1 aromatic heterocycles. The molecule has 1 saturated heterocycles. The highest BCUT2D eigenvalue weighted by Gasteiger charge is 2.18. The van der Waals surface area contributed by atoms with Gasteiger partial charge in [0.1, 0.15) is 0 Å². The van der Waals surface area contributed by atoms with E-state index in [2.05, 4.69) is 22.4 Å². The number of nitrogens with zero attached hydrogens (tertiary/aromatic N) is 3. The van der Waals surface area contributed by atoms with Crippen molar-refractivity contribution in [3.63, 3.8) is 0 Å². The largest absolute Gasteiger partial charge is 0.398 e. The first-order chi connectivity index (χ1) is 13.2. The Morgan fingerprint density at radius 2 is 1.96 bits per heavy atom. The molecule has 0 spiro atoms. The van der Waals surface area contributed by atoms with E-state index in [0.29, 0.717) is 6.54 Å². The molecule has 1 aliphatic heterocycles. The lowest BCUT2D eigenvalue weighted by molar-refractivity contribution is 0.149. The molecule has 27 heavy (non-hydrogen) atoms. The van der Waals surface area contributed by atoms with Crippen molar-refractivity contribution in [2.24, 2.45) is 0 Å². The SMILES string of the molecule is C=C(c1cc(N)cs1)N(Cc1ccccc1C#N)CN1CCCCC1.CC. The molecular formula is C22H30N4S. The molecular weight excluding hydrogens is 352 g/mol. The Kier molecular flexibility index (Phi) is 8.38. The van der Waals surface area contributed by atoms with Crippen LogP contribution in [0, 0.1) is 11.3 Å². The molecule has 1 aliphatic rings. The van der Waals surface area contributed by atoms with Crippen LogP contribution in [-0.4, -0.2) is 29.6 Å². The molecule has 2 aromatic rings. The zero-order valence-corrected chi connectivity index (χ0v) is 17.3. The maximum absolute atomic E-state index is 9.40. The van der Waals surface area contributed by atoms with Crippen molar-refractivity contribution in [1.82, 2.24) is 9.80 Å². The molecule has 0 aliphatic carbocycles. The van der Waals surface area contributed by atoms with Crippen LogP contribution in [0.1, 0.15) is 49.1 Å². The van der Waals surface area contributed by atoms with Crippen LogP contribution in [-0.2, 0) is 6.54 Å². The summed E-state index contributed by atoms with van der Waals surface area (Å²) in [5.41, 5.74) is 9.40. The Morgan fingerprint density at radius 1 is 1.26 bits per heavy atom. The summed E-state index contributed by atoms with van der Waals surface area (Å²) in [6.07, 6.45) is 3.82. The van der Waals surface area contributed by atoms with Gasteiger partial charge in [0.2, 0.25) is 0 Å². The minimum Gasteiger partial charge on any atom is -0.398 e. The highest BCUT2D eigenvalue weighted by Crippen LogP contribution is 2.28. The van der Waals surface area contributed by atoms with Gasteiger partial charge in [0.15, 0.2) is 0 Å². The van der Waals surface area contributed by atoms with Gasteiger partial charge < -0.3 is 10.6 Å². The standard InChI is InChI=1S/C20H24N4S.C2H6/c1-16(20-11-19(22)14-25-20)24(15-23-9-5-2-6-10-23)13-18-8-4-3-7-17(18)12-21;1-2/h3-4,7-8,11,14H,1-2,5-6,9-10,13,15,22H2;1-2H3. The second-order valence-corrected chi connectivity index (χ2v) is 7.39. The van der Waals surface area contributed by atoms with E-state index in [-0.39, 0.29) is 0 Å². The van der Waals surface area contributed by atoms with Gasteiger partial charge in [-0.25, -0.2) is 0 Å². The van der Waals surface area contributed by atoms with Gasteiger partial charge >= 0.3 is 0 Å². The summed E-state index contributed by atoms with van der Waals surface area (Å²) in [6.45, 7) is 12.1. The molecule has 0 atom stereocenters. The number of anilines is 1. The van der Waals surface area contributed by atoms with Gasteiger partial charge in [-0.3, -0.25) is 4.90 Å². The summed E-state index contributed by atoms with van der Waals surface area (Å²) in [7, 11) is 0. The minimum atomic E-state index is 0.677. The van der Waals surface area contributed by atoms with E-state index in [1.165, 1.54) is 19.3 Å². The van der Waals surface area contributed by atoms with Crippen molar-refractivity contribution >= 4 is 22.7 Å². The zero-order valence-electron chi connectivity index (χ0n) is 16.4. The van der Waals surface area contributed by atoms with Gasteiger partial charge in [0, 0.05) is 23.3 Å². The van der Waals surface area contributed by atoms with E-state index in [0.717, 1.165) is 47.1 Å². The van der Waals surface area contributed by atoms with E-state index in [9.17, 15) is 5.26 Å². The molecule has 144 valence electrons. The fourth-order valence-corrected chi connectivity index (χ4v) is 4.00. The molecule has 0 amide bonds. The van der Waals surface area contributed by atoms with Gasteiger partial charge in [-0.1, -0.05) is 45.0 Å². The average Bonchev–Trinajstić information content (AvgIpc) is 3.16. The summed E-state index contributed by atoms with van der Waals surface area (Å²) in [4.78, 5) is 5.83. The molecule has 0 bridgehead atoms. The monoisotopic (exact) mass is 382 g/mol. The van der Waals surface area contributed by atoms with Gasteiger partial charge in [0.05, 0.1) is 23.2 Å². The van der Waals surface area contributed by atoms with Crippen LogP contribution >= 0.6 is 11.3 Å². The summed E-state index contributed by atoms with van der Waals surface area (Å²) in [5.74, 6) is 0. The molecule has 2 heterocycles. The van der Waals surface area contributed by atoms with Crippen LogP contribution in [0.3, 0.4) is 0 Å². The molecule has 0 radical (unpaired) electrons. The van der Waals surface area contributed by atoms with Gasteiger partial charge in [-0.2, -0.15) is 5.26 Å². The third-order valence-electron chi connectivity index (χ3n) is 4.60. The lowest BCUT2D eigenvalue weighted by Crippen LogP contribution is -2.39. The number of nitriles is 1. The molecule has 3 rings (SSSR count). The first-order valence-electron chi connectivity index (χ1n) is 9.66. The number of rotatable bonds is 6. The lowest BCUT2D eigenvalue weighted by Gasteiger charge is -2.35. The molecule has 1 fully saturated rings. The third-order valence-corrected chi connectivity index (χ3v) is 5.60. The summed E-state index contributed by atoms with van der Waals surface area (Å²) in [5, 5.41) is 11.3. The number of thiophene rings is 1. The third kappa shape index (κ3) is 5.85. The fourth-order valence-electron chi connectivity index (χ4n) is 3.20. The number of hydrogen-bond acceptors (Lipinski definition) is 5. The number of nitrogen functional groups attached to an aromatic ring is 1. The quantitative estimate of drug-likeness (QED) is 0.751. The molecule has 5 heteroatoms. The molecule has 4 nitrogen and oxygen atoms in total. The lowest BCUT2D eigenvalue weighted by atomic mass is 10.1. The van der Waals surface area contributed by atoms with E-state index in [4.69, 9.17) is 5.73 Å². The Balaban J connectivity index is 0.00000126. The molecule has 0 unspecified atom stereocenters. The average molecular weight is 383 g/mol. The first kappa shape index (κ1) is 21.0. The van der Waals surface area contributed by atoms with Gasteiger partial charge in [0.25, 0.3) is 0 Å². The van der Waals surface area contributed by atoms with Crippen LogP contribution in [0.2, 0.25) is 0 Å². The van der Waals surface area contributed by atoms with Crippen molar-refractivity contribution < 1.29 is 0 Å². The zero-order chi connectivity index (χ0) is 19.6. The van der Waals surface area contributed by atoms with Crippen molar-refractivity contribution in [2.75, 3.05) is 25.5 Å². The number of likely N-dealkylation sites (tertiary alicyclic amines) is 1. The van der Waals surface area contributed by atoms with Crippen molar-refractivity contribution in [2.45, 2.75) is 39.7 Å². The normalized spacial score (nSPS) is 14.0. The number of piperidine rings is 1. The van der Waals surface area contributed by atoms with Gasteiger partial charge in [-0.15, -0.1) is 11.3 Å². The van der Waals surface area contributed by atoms with Crippen molar-refractivity contribution in [3.05, 3.63) is 58.3 Å². The highest BCUT2D eigenvalue weighted by atomic mass is 32.1. The number of benzene rings is 1. The van der Waals surface area contributed by atoms with Crippen LogP contribution < -0.4 is 5.73 Å². The Hall–Kier alpha value is -2.29. The van der Waals surface area contributed by atoms with E-state index >= 15 is 0 Å². The van der Waals surface area contributed by atoms with Crippen LogP contribution in [0.25, 0.3) is 5.70 Å². The smallest absolute Gasteiger partial charge is 0.0995 e. The summed E-state index contributed by atoms with van der Waals surface area (Å²) >= 11 is 1.62.